The topological polar surface area (TPSA) is 59.3 Å². The zero-order valence-corrected chi connectivity index (χ0v) is 16.0. The molecule has 0 atom stereocenters. The van der Waals surface area contributed by atoms with Gasteiger partial charge in [-0.05, 0) is 18.6 Å². The molecule has 26 heavy (non-hydrogen) atoms. The molecular formula is C18H12N4OS3. The highest BCUT2D eigenvalue weighted by Gasteiger charge is 2.17. The lowest BCUT2D eigenvalue weighted by molar-refractivity contribution is 0.103. The average molecular weight is 397 g/mol. The van der Waals surface area contributed by atoms with Crippen LogP contribution >= 0.6 is 34.0 Å². The fourth-order valence-electron chi connectivity index (χ4n) is 2.83. The third kappa shape index (κ3) is 2.54. The van der Waals surface area contributed by atoms with Gasteiger partial charge >= 0.3 is 0 Å². The van der Waals surface area contributed by atoms with Gasteiger partial charge in [0.1, 0.15) is 4.83 Å². The molecule has 0 radical (unpaired) electrons. The number of thiophene rings is 1. The number of anilines is 1. The summed E-state index contributed by atoms with van der Waals surface area (Å²) in [5, 5.41) is 5.53. The Morgan fingerprint density at radius 1 is 1.15 bits per heavy atom. The maximum absolute atomic E-state index is 12.6. The van der Waals surface area contributed by atoms with Gasteiger partial charge in [-0.2, -0.15) is 0 Å². The van der Waals surface area contributed by atoms with Crippen LogP contribution in [0, 0.1) is 6.92 Å². The number of rotatable bonds is 3. The summed E-state index contributed by atoms with van der Waals surface area (Å²) < 4.78 is 2.01. The Kier molecular flexibility index (Phi) is 3.63. The number of aryl methyl sites for hydroxylation is 1. The predicted molar refractivity (Wildman–Crippen MR) is 109 cm³/mol. The van der Waals surface area contributed by atoms with E-state index in [4.69, 9.17) is 0 Å². The Morgan fingerprint density at radius 3 is 2.85 bits per heavy atom. The van der Waals surface area contributed by atoms with Gasteiger partial charge in [0, 0.05) is 11.6 Å². The maximum atomic E-state index is 12.6. The first kappa shape index (κ1) is 15.7. The second-order valence-electron chi connectivity index (χ2n) is 5.72. The number of imidazole rings is 1. The van der Waals surface area contributed by atoms with Gasteiger partial charge in [-0.15, -0.1) is 22.7 Å². The van der Waals surface area contributed by atoms with Gasteiger partial charge in [0.05, 0.1) is 21.0 Å². The first-order valence-corrected chi connectivity index (χ1v) is 10.4. The summed E-state index contributed by atoms with van der Waals surface area (Å²) in [7, 11) is 0. The van der Waals surface area contributed by atoms with Gasteiger partial charge in [-0.1, -0.05) is 41.7 Å². The lowest BCUT2D eigenvalue weighted by Gasteiger charge is -1.98. The van der Waals surface area contributed by atoms with E-state index in [1.165, 1.54) is 22.7 Å². The van der Waals surface area contributed by atoms with Crippen LogP contribution in [0.2, 0.25) is 0 Å². The number of benzene rings is 1. The normalized spacial score (nSPS) is 11.4. The van der Waals surface area contributed by atoms with Crippen LogP contribution in [0.5, 0.6) is 0 Å². The van der Waals surface area contributed by atoms with Gasteiger partial charge in [0.15, 0.2) is 10.1 Å². The third-order valence-corrected chi connectivity index (χ3v) is 6.91. The Hall–Kier alpha value is -2.55. The van der Waals surface area contributed by atoms with Crippen LogP contribution < -0.4 is 5.32 Å². The fourth-order valence-corrected chi connectivity index (χ4v) is 5.49. The summed E-state index contributed by atoms with van der Waals surface area (Å²) in [4.78, 5) is 25.2. The Labute approximate surface area is 160 Å². The van der Waals surface area contributed by atoms with Crippen molar-refractivity contribution < 1.29 is 4.79 Å². The minimum Gasteiger partial charge on any atom is -0.297 e. The quantitative estimate of drug-likeness (QED) is 0.450. The summed E-state index contributed by atoms with van der Waals surface area (Å²) in [6.07, 6.45) is 1.97. The molecule has 0 aliphatic carbocycles. The van der Waals surface area contributed by atoms with Gasteiger partial charge in [-0.3, -0.25) is 14.5 Å². The number of hydrogen-bond acceptors (Lipinski definition) is 6. The van der Waals surface area contributed by atoms with Crippen molar-refractivity contribution in [2.75, 3.05) is 5.32 Å². The zero-order valence-electron chi connectivity index (χ0n) is 13.6. The van der Waals surface area contributed by atoms with Crippen LogP contribution in [-0.2, 0) is 0 Å². The molecule has 5 aromatic rings. The second kappa shape index (κ2) is 6.01. The van der Waals surface area contributed by atoms with Crippen LogP contribution in [-0.4, -0.2) is 20.3 Å². The molecule has 0 aliphatic rings. The van der Waals surface area contributed by atoms with Crippen LogP contribution in [0.15, 0.2) is 48.0 Å². The third-order valence-electron chi connectivity index (χ3n) is 4.02. The summed E-state index contributed by atoms with van der Waals surface area (Å²) >= 11 is 4.48. The largest absolute Gasteiger partial charge is 0.297 e. The van der Waals surface area contributed by atoms with E-state index in [0.717, 1.165) is 31.4 Å². The number of thiazole rings is 2. The number of carbonyl (C=O) groups excluding carboxylic acids is 1. The molecule has 5 nitrogen and oxygen atoms in total. The van der Waals surface area contributed by atoms with Gasteiger partial charge in [0.25, 0.3) is 5.91 Å². The van der Waals surface area contributed by atoms with E-state index in [-0.39, 0.29) is 5.91 Å². The lowest BCUT2D eigenvalue weighted by atomic mass is 10.2. The van der Waals surface area contributed by atoms with Crippen LogP contribution in [0.4, 0.5) is 5.13 Å². The highest BCUT2D eigenvalue weighted by Crippen LogP contribution is 2.33. The van der Waals surface area contributed by atoms with Crippen molar-refractivity contribution in [2.45, 2.75) is 6.92 Å². The van der Waals surface area contributed by atoms with Crippen molar-refractivity contribution in [2.24, 2.45) is 0 Å². The van der Waals surface area contributed by atoms with E-state index in [9.17, 15) is 4.79 Å². The number of carbonyl (C=O) groups is 1. The zero-order chi connectivity index (χ0) is 17.7. The van der Waals surface area contributed by atoms with Gasteiger partial charge in [0.2, 0.25) is 0 Å². The number of nitrogens with zero attached hydrogens (tertiary/aromatic N) is 3. The number of fused-ring (bicyclic) bond motifs is 3. The molecule has 1 amide bonds. The number of hydrogen-bond donors (Lipinski definition) is 1. The minimum absolute atomic E-state index is 0.148. The highest BCUT2D eigenvalue weighted by molar-refractivity contribution is 7.21. The molecule has 1 aromatic carbocycles. The van der Waals surface area contributed by atoms with E-state index in [0.29, 0.717) is 10.0 Å². The Balaban J connectivity index is 1.44. The smallest absolute Gasteiger partial charge is 0.267 e. The molecule has 8 heteroatoms. The second-order valence-corrected chi connectivity index (χ2v) is 8.62. The number of nitrogens with one attached hydrogen (secondary N) is 1. The molecule has 0 saturated carbocycles. The SMILES string of the molecule is Cc1nc(NC(=O)c2cc3c(nc4sccn43)s2)sc1-c1ccccc1. The van der Waals surface area contributed by atoms with Crippen LogP contribution in [0.1, 0.15) is 15.4 Å². The molecule has 0 unspecified atom stereocenters. The Bertz CT molecular complexity index is 1250. The number of aromatic nitrogens is 3. The average Bonchev–Trinajstić information content (AvgIpc) is 3.37. The van der Waals surface area contributed by atoms with Crippen LogP contribution in [0.3, 0.4) is 0 Å². The van der Waals surface area contributed by atoms with Crippen molar-refractivity contribution in [3.63, 3.8) is 0 Å². The van der Waals surface area contributed by atoms with Crippen molar-refractivity contribution in [1.82, 2.24) is 14.4 Å². The van der Waals surface area contributed by atoms with E-state index in [1.807, 2.05) is 59.3 Å². The first-order valence-electron chi connectivity index (χ1n) is 7.88. The molecule has 0 spiro atoms. The Morgan fingerprint density at radius 2 is 2.00 bits per heavy atom. The van der Waals surface area contributed by atoms with Crippen molar-refractivity contribution in [1.29, 1.82) is 0 Å². The molecule has 0 bridgehead atoms. The van der Waals surface area contributed by atoms with E-state index >= 15 is 0 Å². The molecular weight excluding hydrogens is 384 g/mol. The fraction of sp³-hybridized carbons (Fsp3) is 0.0556. The van der Waals surface area contributed by atoms with E-state index < -0.39 is 0 Å². The van der Waals surface area contributed by atoms with Crippen molar-refractivity contribution >= 4 is 60.4 Å². The van der Waals surface area contributed by atoms with Gasteiger partial charge in [-0.25, -0.2) is 9.97 Å². The molecule has 128 valence electrons. The predicted octanol–water partition coefficient (Wildman–Crippen LogP) is 5.29. The lowest BCUT2D eigenvalue weighted by Crippen LogP contribution is -2.09. The molecule has 1 N–H and O–H groups in total. The molecule has 5 rings (SSSR count). The van der Waals surface area contributed by atoms with E-state index in [2.05, 4.69) is 15.3 Å². The summed E-state index contributed by atoms with van der Waals surface area (Å²) in [6, 6.07) is 12.0. The van der Waals surface area contributed by atoms with Crippen molar-refractivity contribution in [3.05, 3.63) is 58.5 Å². The molecule has 4 heterocycles. The summed E-state index contributed by atoms with van der Waals surface area (Å²) in [5.74, 6) is -0.148. The molecule has 4 aromatic heterocycles. The molecule has 0 saturated heterocycles. The molecule has 0 aliphatic heterocycles. The van der Waals surface area contributed by atoms with Gasteiger partial charge < -0.3 is 0 Å². The summed E-state index contributed by atoms with van der Waals surface area (Å²) in [6.45, 7) is 1.96. The monoisotopic (exact) mass is 396 g/mol. The standard InChI is InChI=1S/C18H12N4OS3/c1-10-14(11-5-3-2-4-6-11)26-17(19-10)20-15(23)13-9-12-16(25-13)21-18-22(12)7-8-24-18/h2-9H,1H3,(H,19,20,23). The first-order chi connectivity index (χ1) is 12.7. The minimum atomic E-state index is -0.148. The maximum Gasteiger partial charge on any atom is 0.267 e. The molecule has 0 fully saturated rings. The highest BCUT2D eigenvalue weighted by atomic mass is 32.1. The van der Waals surface area contributed by atoms with E-state index in [1.54, 1.807) is 11.3 Å². The van der Waals surface area contributed by atoms with Crippen molar-refractivity contribution in [3.8, 4) is 10.4 Å². The summed E-state index contributed by atoms with van der Waals surface area (Å²) in [5.41, 5.74) is 2.99. The van der Waals surface area contributed by atoms with Crippen LogP contribution in [0.25, 0.3) is 25.7 Å². The number of amides is 1.